The summed E-state index contributed by atoms with van der Waals surface area (Å²) in [7, 11) is 4.79. The Morgan fingerprint density at radius 1 is 1.12 bits per heavy atom. The number of aromatic nitrogens is 1. The highest BCUT2D eigenvalue weighted by atomic mass is 35.5. The molecule has 34 heavy (non-hydrogen) atoms. The Labute approximate surface area is 204 Å². The summed E-state index contributed by atoms with van der Waals surface area (Å²) in [6.45, 7) is 3.86. The number of nitrogens with one attached hydrogen (secondary N) is 3. The van der Waals surface area contributed by atoms with Gasteiger partial charge in [-0.1, -0.05) is 19.9 Å². The normalized spacial score (nSPS) is 12.8. The molecule has 0 aliphatic rings. The van der Waals surface area contributed by atoms with Crippen LogP contribution in [0.1, 0.15) is 43.6 Å². The lowest BCUT2D eigenvalue weighted by Gasteiger charge is -2.24. The van der Waals surface area contributed by atoms with Gasteiger partial charge in [0.15, 0.2) is 5.78 Å². The zero-order valence-corrected chi connectivity index (χ0v) is 21.0. The first-order valence-electron chi connectivity index (χ1n) is 11.1. The number of halogens is 1. The maximum atomic E-state index is 13.1. The summed E-state index contributed by atoms with van der Waals surface area (Å²) in [6.07, 6.45) is 0.566. The number of aromatic amines is 1. The van der Waals surface area contributed by atoms with Crippen molar-refractivity contribution in [2.24, 2.45) is 5.92 Å². The number of amides is 3. The van der Waals surface area contributed by atoms with Crippen LogP contribution in [0.15, 0.2) is 24.3 Å². The van der Waals surface area contributed by atoms with E-state index in [1.807, 2.05) is 26.0 Å². The van der Waals surface area contributed by atoms with Crippen LogP contribution in [0.4, 0.5) is 0 Å². The van der Waals surface area contributed by atoms with Gasteiger partial charge in [0, 0.05) is 31.4 Å². The molecule has 0 unspecified atom stereocenters. The van der Waals surface area contributed by atoms with Crippen LogP contribution in [0, 0.1) is 5.92 Å². The van der Waals surface area contributed by atoms with E-state index in [-0.39, 0.29) is 42.0 Å². The molecule has 2 aromatic rings. The van der Waals surface area contributed by atoms with Gasteiger partial charge in [-0.25, -0.2) is 0 Å². The fraction of sp³-hybridized carbons (Fsp3) is 0.500. The maximum Gasteiger partial charge on any atom is 0.268 e. The van der Waals surface area contributed by atoms with Gasteiger partial charge in [-0.15, -0.1) is 11.6 Å². The van der Waals surface area contributed by atoms with Gasteiger partial charge in [0.1, 0.15) is 17.5 Å². The number of alkyl halides is 1. The molecule has 0 spiro atoms. The molecule has 0 saturated carbocycles. The van der Waals surface area contributed by atoms with Crippen molar-refractivity contribution in [1.29, 1.82) is 0 Å². The molecule has 1 heterocycles. The van der Waals surface area contributed by atoms with Gasteiger partial charge in [-0.3, -0.25) is 19.2 Å². The second-order valence-corrected chi connectivity index (χ2v) is 9.02. The predicted octanol–water partition coefficient (Wildman–Crippen LogP) is 2.48. The van der Waals surface area contributed by atoms with E-state index < -0.39 is 23.9 Å². The highest BCUT2D eigenvalue weighted by Gasteiger charge is 2.28. The van der Waals surface area contributed by atoms with Gasteiger partial charge < -0.3 is 25.3 Å². The number of ether oxygens (including phenoxy) is 1. The Hall–Kier alpha value is -3.07. The summed E-state index contributed by atoms with van der Waals surface area (Å²) in [5.41, 5.74) is 1.01. The van der Waals surface area contributed by atoms with Crippen LogP contribution >= 0.6 is 11.6 Å². The van der Waals surface area contributed by atoms with E-state index in [0.717, 1.165) is 10.9 Å². The number of nitrogens with zero attached hydrogens (tertiary/aromatic N) is 1. The number of carbonyl (C=O) groups excluding carboxylic acids is 4. The van der Waals surface area contributed by atoms with Crippen molar-refractivity contribution in [3.63, 3.8) is 0 Å². The number of hydrogen-bond donors (Lipinski definition) is 3. The Bertz CT molecular complexity index is 1030. The number of Topliss-reactive ketones (excluding diaryl/α,β-unsaturated/α-hetero) is 1. The summed E-state index contributed by atoms with van der Waals surface area (Å²) in [5.74, 6) is -1.09. The minimum absolute atomic E-state index is 0.0820. The van der Waals surface area contributed by atoms with Crippen LogP contribution in [0.2, 0.25) is 0 Å². The number of H-pyrrole nitrogens is 1. The van der Waals surface area contributed by atoms with Crippen molar-refractivity contribution in [3.05, 3.63) is 30.0 Å². The van der Waals surface area contributed by atoms with Crippen LogP contribution < -0.4 is 15.4 Å². The summed E-state index contributed by atoms with van der Waals surface area (Å²) in [5, 5.41) is 6.19. The second-order valence-electron chi connectivity index (χ2n) is 8.75. The van der Waals surface area contributed by atoms with Crippen molar-refractivity contribution in [2.75, 3.05) is 27.1 Å². The molecule has 0 fully saturated rings. The Morgan fingerprint density at radius 3 is 2.41 bits per heavy atom. The van der Waals surface area contributed by atoms with Crippen molar-refractivity contribution < 1.29 is 23.9 Å². The molecule has 0 aliphatic carbocycles. The van der Waals surface area contributed by atoms with Gasteiger partial charge in [0.05, 0.1) is 19.0 Å². The molecular formula is C24H33ClN4O5. The molecule has 3 amide bonds. The van der Waals surface area contributed by atoms with Crippen LogP contribution in [-0.2, 0) is 14.4 Å². The molecule has 0 bridgehead atoms. The minimum atomic E-state index is -0.919. The number of rotatable bonds is 12. The molecule has 9 nitrogen and oxygen atoms in total. The van der Waals surface area contributed by atoms with Crippen LogP contribution in [0.5, 0.6) is 5.75 Å². The van der Waals surface area contributed by atoms with E-state index in [9.17, 15) is 19.2 Å². The SMILES string of the molecule is COc1cccc2[nH]c(C(=O)N[C@@H](CC(C)C)C(=O)N[C@@H](CCC(=O)N(C)C)C(=O)CCl)cc12. The standard InChI is InChI=1S/C24H33ClN4O5/c1-14(2)11-18(23(32)27-17(20(30)13-25)9-10-22(31)29(3)4)28-24(33)19-12-15-16(26-19)7-6-8-21(15)34-5/h6-8,12,14,17-18,26H,9-11,13H2,1-5H3,(H,27,32)(H,28,33)/t17-,18-/m0/s1. The zero-order chi connectivity index (χ0) is 25.4. The van der Waals surface area contributed by atoms with E-state index in [4.69, 9.17) is 16.3 Å². The predicted molar refractivity (Wildman–Crippen MR) is 131 cm³/mol. The highest BCUT2D eigenvalue weighted by molar-refractivity contribution is 6.28. The van der Waals surface area contributed by atoms with Crippen molar-refractivity contribution in [1.82, 2.24) is 20.5 Å². The molecule has 2 atom stereocenters. The minimum Gasteiger partial charge on any atom is -0.496 e. The maximum absolute atomic E-state index is 13.1. The highest BCUT2D eigenvalue weighted by Crippen LogP contribution is 2.26. The van der Waals surface area contributed by atoms with Crippen LogP contribution in [-0.4, -0.2) is 72.6 Å². The fourth-order valence-electron chi connectivity index (χ4n) is 3.54. The Kier molecular flexibility index (Phi) is 9.92. The lowest BCUT2D eigenvalue weighted by molar-refractivity contribution is -0.131. The zero-order valence-electron chi connectivity index (χ0n) is 20.2. The van der Waals surface area contributed by atoms with Gasteiger partial charge in [0.25, 0.3) is 5.91 Å². The quantitative estimate of drug-likeness (QED) is 0.393. The van der Waals surface area contributed by atoms with E-state index in [0.29, 0.717) is 12.2 Å². The van der Waals surface area contributed by atoms with E-state index >= 15 is 0 Å². The monoisotopic (exact) mass is 492 g/mol. The molecule has 3 N–H and O–H groups in total. The fourth-order valence-corrected chi connectivity index (χ4v) is 3.72. The van der Waals surface area contributed by atoms with E-state index in [1.54, 1.807) is 33.3 Å². The third kappa shape index (κ3) is 7.21. The molecular weight excluding hydrogens is 460 g/mol. The van der Waals surface area contributed by atoms with Crippen molar-refractivity contribution >= 4 is 46.0 Å². The van der Waals surface area contributed by atoms with E-state index in [2.05, 4.69) is 15.6 Å². The molecule has 0 aliphatic heterocycles. The van der Waals surface area contributed by atoms with Gasteiger partial charge in [-0.05, 0) is 37.0 Å². The second kappa shape index (κ2) is 12.4. The van der Waals surface area contributed by atoms with Crippen LogP contribution in [0.3, 0.4) is 0 Å². The first-order valence-corrected chi connectivity index (χ1v) is 11.7. The number of benzene rings is 1. The summed E-state index contributed by atoms with van der Waals surface area (Å²) in [6, 6.07) is 5.30. The molecule has 1 aromatic carbocycles. The summed E-state index contributed by atoms with van der Waals surface area (Å²) < 4.78 is 5.34. The number of fused-ring (bicyclic) bond motifs is 1. The molecule has 2 rings (SSSR count). The lowest BCUT2D eigenvalue weighted by atomic mass is 10.0. The average molecular weight is 493 g/mol. The molecule has 10 heteroatoms. The number of ketones is 1. The first kappa shape index (κ1) is 27.2. The molecule has 0 saturated heterocycles. The number of methoxy groups -OCH3 is 1. The molecule has 186 valence electrons. The van der Waals surface area contributed by atoms with Gasteiger partial charge in [-0.2, -0.15) is 0 Å². The number of hydrogen-bond acceptors (Lipinski definition) is 5. The average Bonchev–Trinajstić information content (AvgIpc) is 3.24. The topological polar surface area (TPSA) is 121 Å². The van der Waals surface area contributed by atoms with E-state index in [1.165, 1.54) is 4.90 Å². The Balaban J connectivity index is 2.18. The summed E-state index contributed by atoms with van der Waals surface area (Å²) >= 11 is 5.72. The van der Waals surface area contributed by atoms with Crippen LogP contribution in [0.25, 0.3) is 10.9 Å². The molecule has 1 aromatic heterocycles. The first-order chi connectivity index (χ1) is 16.1. The Morgan fingerprint density at radius 2 is 1.82 bits per heavy atom. The van der Waals surface area contributed by atoms with Gasteiger partial charge in [0.2, 0.25) is 11.8 Å². The smallest absolute Gasteiger partial charge is 0.268 e. The van der Waals surface area contributed by atoms with Crippen molar-refractivity contribution in [2.45, 2.75) is 45.2 Å². The lowest BCUT2D eigenvalue weighted by Crippen LogP contribution is -2.52. The molecule has 0 radical (unpaired) electrons. The third-order valence-corrected chi connectivity index (χ3v) is 5.66. The largest absolute Gasteiger partial charge is 0.496 e. The van der Waals surface area contributed by atoms with Gasteiger partial charge >= 0.3 is 0 Å². The number of carbonyl (C=O) groups is 4. The van der Waals surface area contributed by atoms with Crippen molar-refractivity contribution in [3.8, 4) is 5.75 Å². The third-order valence-electron chi connectivity index (χ3n) is 5.40. The summed E-state index contributed by atoms with van der Waals surface area (Å²) in [4.78, 5) is 54.8.